The van der Waals surface area contributed by atoms with Crippen molar-refractivity contribution in [2.45, 2.75) is 46.5 Å². The molecule has 0 saturated carbocycles. The van der Waals surface area contributed by atoms with Crippen LogP contribution in [0.3, 0.4) is 0 Å². The zero-order valence-electron chi connectivity index (χ0n) is 13.8. The number of nitrogens with zero attached hydrogens (tertiary/aromatic N) is 1. The van der Waals surface area contributed by atoms with Crippen LogP contribution in [-0.4, -0.2) is 18.1 Å². The zero-order valence-corrected chi connectivity index (χ0v) is 13.8. The Morgan fingerprint density at radius 2 is 1.90 bits per heavy atom. The van der Waals surface area contributed by atoms with Gasteiger partial charge in [0.2, 0.25) is 0 Å². The van der Waals surface area contributed by atoms with Crippen molar-refractivity contribution in [2.75, 3.05) is 18.5 Å². The molecular weight excluding hydrogens is 260 g/mol. The van der Waals surface area contributed by atoms with Gasteiger partial charge in [0.05, 0.1) is 12.1 Å². The Labute approximate surface area is 127 Å². The Morgan fingerprint density at radius 1 is 1.14 bits per heavy atom. The van der Waals surface area contributed by atoms with E-state index < -0.39 is 0 Å². The van der Waals surface area contributed by atoms with Gasteiger partial charge in [-0.25, -0.2) is 4.98 Å². The van der Waals surface area contributed by atoms with Crippen molar-refractivity contribution in [3.63, 3.8) is 0 Å². The van der Waals surface area contributed by atoms with E-state index in [1.54, 1.807) is 0 Å². The van der Waals surface area contributed by atoms with Crippen molar-refractivity contribution in [3.8, 4) is 5.75 Å². The number of fused-ring (bicyclic) bond motifs is 1. The van der Waals surface area contributed by atoms with Gasteiger partial charge in [-0.1, -0.05) is 27.7 Å². The van der Waals surface area contributed by atoms with Crippen molar-refractivity contribution in [1.82, 2.24) is 4.98 Å². The summed E-state index contributed by atoms with van der Waals surface area (Å²) in [5.41, 5.74) is 2.30. The second kappa shape index (κ2) is 6.33. The van der Waals surface area contributed by atoms with Gasteiger partial charge in [0.15, 0.2) is 0 Å². The largest absolute Gasteiger partial charge is 0.494 e. The van der Waals surface area contributed by atoms with E-state index >= 15 is 0 Å². The molecule has 3 nitrogen and oxygen atoms in total. The van der Waals surface area contributed by atoms with Crippen molar-refractivity contribution < 1.29 is 4.74 Å². The lowest BCUT2D eigenvalue weighted by Gasteiger charge is -2.23. The van der Waals surface area contributed by atoms with Gasteiger partial charge in [-0.2, -0.15) is 0 Å². The average molecular weight is 286 g/mol. The lowest BCUT2D eigenvalue weighted by atomic mass is 9.86. The minimum Gasteiger partial charge on any atom is -0.494 e. The summed E-state index contributed by atoms with van der Waals surface area (Å²) in [4.78, 5) is 4.79. The first-order valence-corrected chi connectivity index (χ1v) is 7.77. The fraction of sp³-hybridized carbons (Fsp3) is 0.500. The van der Waals surface area contributed by atoms with Crippen LogP contribution in [-0.2, 0) is 5.41 Å². The Morgan fingerprint density at radius 3 is 2.52 bits per heavy atom. The van der Waals surface area contributed by atoms with E-state index in [9.17, 15) is 0 Å². The minimum atomic E-state index is 0.0545. The van der Waals surface area contributed by atoms with Crippen LogP contribution >= 0.6 is 0 Å². The summed E-state index contributed by atoms with van der Waals surface area (Å²) >= 11 is 0. The summed E-state index contributed by atoms with van der Waals surface area (Å²) in [5, 5.41) is 4.52. The fourth-order valence-electron chi connectivity index (χ4n) is 2.34. The smallest absolute Gasteiger partial charge is 0.130 e. The molecule has 2 rings (SSSR count). The van der Waals surface area contributed by atoms with Crippen LogP contribution in [0, 0.1) is 0 Å². The SMILES string of the molecule is CCCOc1ccc2nc(NCC)c(C(C)(C)C)cc2c1. The van der Waals surface area contributed by atoms with Crippen LogP contribution in [0.4, 0.5) is 5.82 Å². The number of anilines is 1. The molecule has 1 N–H and O–H groups in total. The lowest BCUT2D eigenvalue weighted by molar-refractivity contribution is 0.318. The average Bonchev–Trinajstić information content (AvgIpc) is 2.43. The van der Waals surface area contributed by atoms with E-state index in [4.69, 9.17) is 9.72 Å². The predicted octanol–water partition coefficient (Wildman–Crippen LogP) is 4.75. The maximum atomic E-state index is 5.72. The Bertz CT molecular complexity index is 614. The van der Waals surface area contributed by atoms with E-state index in [1.807, 2.05) is 12.1 Å². The summed E-state index contributed by atoms with van der Waals surface area (Å²) in [6, 6.07) is 8.35. The molecule has 0 amide bonds. The first kappa shape index (κ1) is 15.6. The molecule has 0 unspecified atom stereocenters. The van der Waals surface area contributed by atoms with Gasteiger partial charge in [-0.15, -0.1) is 0 Å². The third-order valence-corrected chi connectivity index (χ3v) is 3.41. The van der Waals surface area contributed by atoms with E-state index in [0.29, 0.717) is 0 Å². The van der Waals surface area contributed by atoms with Crippen molar-refractivity contribution in [2.24, 2.45) is 0 Å². The summed E-state index contributed by atoms with van der Waals surface area (Å²) in [6.07, 6.45) is 1.02. The summed E-state index contributed by atoms with van der Waals surface area (Å²) in [7, 11) is 0. The molecular formula is C18H26N2O. The molecule has 0 fully saturated rings. The van der Waals surface area contributed by atoms with Gasteiger partial charge >= 0.3 is 0 Å². The third kappa shape index (κ3) is 3.66. The highest BCUT2D eigenvalue weighted by Crippen LogP contribution is 2.32. The Hall–Kier alpha value is -1.77. The number of pyridine rings is 1. The second-order valence-electron chi connectivity index (χ2n) is 6.37. The number of benzene rings is 1. The number of nitrogens with one attached hydrogen (secondary N) is 1. The number of aromatic nitrogens is 1. The summed E-state index contributed by atoms with van der Waals surface area (Å²) in [5.74, 6) is 1.90. The standard InChI is InChI=1S/C18H26N2O/c1-6-10-21-14-8-9-16-13(11-14)12-15(18(3,4)5)17(20-16)19-7-2/h8-9,11-12H,6-7,10H2,1-5H3,(H,19,20). The molecule has 0 aliphatic rings. The minimum absolute atomic E-state index is 0.0545. The molecule has 0 aliphatic carbocycles. The molecule has 3 heteroatoms. The highest BCUT2D eigenvalue weighted by molar-refractivity contribution is 5.83. The highest BCUT2D eigenvalue weighted by Gasteiger charge is 2.20. The van der Waals surface area contributed by atoms with Gasteiger partial charge in [0.1, 0.15) is 11.6 Å². The van der Waals surface area contributed by atoms with Gasteiger partial charge in [-0.3, -0.25) is 0 Å². The topological polar surface area (TPSA) is 34.1 Å². The third-order valence-electron chi connectivity index (χ3n) is 3.41. The lowest BCUT2D eigenvalue weighted by Crippen LogP contribution is -2.16. The molecule has 114 valence electrons. The van der Waals surface area contributed by atoms with E-state index in [1.165, 1.54) is 5.56 Å². The molecule has 0 aliphatic heterocycles. The van der Waals surface area contributed by atoms with Crippen molar-refractivity contribution in [1.29, 1.82) is 0 Å². The molecule has 0 bridgehead atoms. The van der Waals surface area contributed by atoms with Crippen LogP contribution in [0.1, 0.15) is 46.6 Å². The molecule has 0 spiro atoms. The van der Waals surface area contributed by atoms with Gasteiger partial charge in [0.25, 0.3) is 0 Å². The molecule has 1 aromatic heterocycles. The molecule has 1 heterocycles. The first-order valence-electron chi connectivity index (χ1n) is 7.77. The first-order chi connectivity index (χ1) is 9.95. The van der Waals surface area contributed by atoms with Crippen molar-refractivity contribution in [3.05, 3.63) is 29.8 Å². The van der Waals surface area contributed by atoms with Gasteiger partial charge in [-0.05, 0) is 43.0 Å². The maximum absolute atomic E-state index is 5.72. The molecule has 0 atom stereocenters. The zero-order chi connectivity index (χ0) is 15.5. The van der Waals surface area contributed by atoms with E-state index in [2.05, 4.69) is 52.1 Å². The fourth-order valence-corrected chi connectivity index (χ4v) is 2.34. The number of hydrogen-bond donors (Lipinski definition) is 1. The number of ether oxygens (including phenoxy) is 1. The highest BCUT2D eigenvalue weighted by atomic mass is 16.5. The summed E-state index contributed by atoms with van der Waals surface area (Å²) in [6.45, 7) is 12.5. The number of rotatable bonds is 5. The maximum Gasteiger partial charge on any atom is 0.130 e. The van der Waals surface area contributed by atoms with Crippen molar-refractivity contribution >= 4 is 16.7 Å². The van der Waals surface area contributed by atoms with Gasteiger partial charge < -0.3 is 10.1 Å². The van der Waals surface area contributed by atoms with E-state index in [0.717, 1.165) is 42.0 Å². The Balaban J connectivity index is 2.51. The second-order valence-corrected chi connectivity index (χ2v) is 6.37. The summed E-state index contributed by atoms with van der Waals surface area (Å²) < 4.78 is 5.72. The van der Waals surface area contributed by atoms with E-state index in [-0.39, 0.29) is 5.41 Å². The molecule has 2 aromatic rings. The predicted molar refractivity (Wildman–Crippen MR) is 90.4 cm³/mol. The van der Waals surface area contributed by atoms with Crippen LogP contribution < -0.4 is 10.1 Å². The van der Waals surface area contributed by atoms with Crippen LogP contribution in [0.2, 0.25) is 0 Å². The molecule has 0 radical (unpaired) electrons. The van der Waals surface area contributed by atoms with Crippen LogP contribution in [0.15, 0.2) is 24.3 Å². The Kier molecular flexibility index (Phi) is 4.71. The van der Waals surface area contributed by atoms with Gasteiger partial charge in [0, 0.05) is 17.5 Å². The monoisotopic (exact) mass is 286 g/mol. The normalized spacial score (nSPS) is 11.7. The molecule has 1 aromatic carbocycles. The quantitative estimate of drug-likeness (QED) is 0.861. The van der Waals surface area contributed by atoms with Crippen LogP contribution in [0.5, 0.6) is 5.75 Å². The molecule has 21 heavy (non-hydrogen) atoms. The number of hydrogen-bond acceptors (Lipinski definition) is 3. The molecule has 0 saturated heterocycles. The van der Waals surface area contributed by atoms with Crippen LogP contribution in [0.25, 0.3) is 10.9 Å².